The maximum absolute atomic E-state index is 5.22. The van der Waals surface area contributed by atoms with Crippen LogP contribution in [-0.2, 0) is 0 Å². The van der Waals surface area contributed by atoms with Gasteiger partial charge < -0.3 is 0 Å². The van der Waals surface area contributed by atoms with Crippen LogP contribution in [0, 0.1) is 20.8 Å². The molecule has 0 radical (unpaired) electrons. The Kier molecular flexibility index (Phi) is 4.98. The standard InChI is InChI=1S/C33H25N3S/c1-20-14-16-27(32-30(20)26-17-15-24(19-29(26)37-32)23-10-6-4-7-11-23)33-35-31-22(3)34-21(2)18-28(31)36(33)25-12-8-5-9-13-25/h4-19H,1-3H3. The number of hydrogen-bond donors (Lipinski definition) is 0. The van der Waals surface area contributed by atoms with Crippen LogP contribution in [0.25, 0.3) is 59.4 Å². The van der Waals surface area contributed by atoms with Crippen molar-refractivity contribution < 1.29 is 0 Å². The summed E-state index contributed by atoms with van der Waals surface area (Å²) in [5.74, 6) is 0.955. The molecule has 3 nitrogen and oxygen atoms in total. The van der Waals surface area contributed by atoms with Crippen LogP contribution >= 0.6 is 11.3 Å². The minimum absolute atomic E-state index is 0.950. The molecule has 0 N–H and O–H groups in total. The number of aromatic nitrogens is 3. The Balaban J connectivity index is 1.55. The highest BCUT2D eigenvalue weighted by atomic mass is 32.1. The van der Waals surface area contributed by atoms with Gasteiger partial charge in [-0.05, 0) is 67.8 Å². The molecule has 0 saturated heterocycles. The third-order valence-electron chi connectivity index (χ3n) is 7.14. The predicted octanol–water partition coefficient (Wildman–Crippen LogP) is 9.05. The first-order valence-corrected chi connectivity index (χ1v) is 13.3. The molecule has 0 saturated carbocycles. The lowest BCUT2D eigenvalue weighted by atomic mass is 10.0. The van der Waals surface area contributed by atoms with E-state index in [1.54, 1.807) is 0 Å². The molecule has 37 heavy (non-hydrogen) atoms. The average molecular weight is 496 g/mol. The molecule has 0 unspecified atom stereocenters. The lowest BCUT2D eigenvalue weighted by Gasteiger charge is -2.11. The Morgan fingerprint density at radius 3 is 2.24 bits per heavy atom. The maximum Gasteiger partial charge on any atom is 0.147 e. The largest absolute Gasteiger partial charge is 0.292 e. The first-order chi connectivity index (χ1) is 18.1. The van der Waals surface area contributed by atoms with E-state index in [2.05, 4.69) is 122 Å². The zero-order valence-electron chi connectivity index (χ0n) is 21.0. The summed E-state index contributed by atoms with van der Waals surface area (Å²) < 4.78 is 4.86. The van der Waals surface area contributed by atoms with E-state index < -0.39 is 0 Å². The maximum atomic E-state index is 5.22. The van der Waals surface area contributed by atoms with Crippen molar-refractivity contribution in [2.75, 3.05) is 0 Å². The van der Waals surface area contributed by atoms with Gasteiger partial charge in [-0.1, -0.05) is 66.7 Å². The number of nitrogens with zero attached hydrogens (tertiary/aromatic N) is 3. The number of pyridine rings is 1. The van der Waals surface area contributed by atoms with Gasteiger partial charge in [0.05, 0.1) is 11.2 Å². The van der Waals surface area contributed by atoms with E-state index in [1.807, 2.05) is 11.3 Å². The van der Waals surface area contributed by atoms with Crippen molar-refractivity contribution in [2.24, 2.45) is 0 Å². The smallest absolute Gasteiger partial charge is 0.147 e. The predicted molar refractivity (Wildman–Crippen MR) is 157 cm³/mol. The molecule has 0 spiro atoms. The van der Waals surface area contributed by atoms with Gasteiger partial charge in [0.15, 0.2) is 0 Å². The van der Waals surface area contributed by atoms with Gasteiger partial charge in [0.25, 0.3) is 0 Å². The van der Waals surface area contributed by atoms with Crippen LogP contribution in [0.2, 0.25) is 0 Å². The molecule has 3 heterocycles. The molecule has 0 fully saturated rings. The van der Waals surface area contributed by atoms with Gasteiger partial charge in [-0.3, -0.25) is 9.55 Å². The number of aryl methyl sites for hydroxylation is 3. The first-order valence-electron chi connectivity index (χ1n) is 12.5. The highest BCUT2D eigenvalue weighted by Crippen LogP contribution is 2.43. The molecule has 4 aromatic carbocycles. The Bertz CT molecular complexity index is 1950. The van der Waals surface area contributed by atoms with E-state index in [0.717, 1.165) is 39.5 Å². The summed E-state index contributed by atoms with van der Waals surface area (Å²) in [4.78, 5) is 9.94. The molecule has 0 amide bonds. The second-order valence-electron chi connectivity index (χ2n) is 9.64. The Labute approximate surface area is 219 Å². The highest BCUT2D eigenvalue weighted by Gasteiger charge is 2.21. The number of fused-ring (bicyclic) bond motifs is 4. The van der Waals surface area contributed by atoms with E-state index in [1.165, 1.54) is 36.9 Å². The number of benzene rings is 4. The molecule has 4 heteroatoms. The summed E-state index contributed by atoms with van der Waals surface area (Å²) >= 11 is 1.86. The summed E-state index contributed by atoms with van der Waals surface area (Å²) in [5.41, 5.74) is 10.0. The Morgan fingerprint density at radius 1 is 0.703 bits per heavy atom. The topological polar surface area (TPSA) is 30.7 Å². The van der Waals surface area contributed by atoms with Crippen LogP contribution in [0.3, 0.4) is 0 Å². The number of thiophene rings is 1. The van der Waals surface area contributed by atoms with E-state index in [-0.39, 0.29) is 0 Å². The minimum atomic E-state index is 0.950. The molecule has 0 bridgehead atoms. The molecule has 7 rings (SSSR count). The molecule has 3 aromatic heterocycles. The van der Waals surface area contributed by atoms with Gasteiger partial charge in [-0.25, -0.2) is 4.98 Å². The normalized spacial score (nSPS) is 11.6. The fourth-order valence-corrected chi connectivity index (χ4v) is 6.76. The molecule has 0 aliphatic carbocycles. The van der Waals surface area contributed by atoms with Crippen molar-refractivity contribution >= 4 is 42.5 Å². The fourth-order valence-electron chi connectivity index (χ4n) is 5.43. The quantitative estimate of drug-likeness (QED) is 0.245. The second kappa shape index (κ2) is 8.39. The van der Waals surface area contributed by atoms with Crippen LogP contribution in [0.1, 0.15) is 17.0 Å². The van der Waals surface area contributed by atoms with Gasteiger partial charge >= 0.3 is 0 Å². The molecular weight excluding hydrogens is 470 g/mol. The first kappa shape index (κ1) is 22.0. The summed E-state index contributed by atoms with van der Waals surface area (Å²) in [6.07, 6.45) is 0. The third-order valence-corrected chi connectivity index (χ3v) is 8.32. The Morgan fingerprint density at radius 2 is 1.46 bits per heavy atom. The second-order valence-corrected chi connectivity index (χ2v) is 10.7. The van der Waals surface area contributed by atoms with Gasteiger partial charge in [0, 0.05) is 37.1 Å². The van der Waals surface area contributed by atoms with E-state index >= 15 is 0 Å². The zero-order chi connectivity index (χ0) is 25.1. The molecule has 0 atom stereocenters. The number of imidazole rings is 1. The highest BCUT2D eigenvalue weighted by molar-refractivity contribution is 7.26. The average Bonchev–Trinajstić information content (AvgIpc) is 3.49. The molecule has 0 aliphatic heterocycles. The van der Waals surface area contributed by atoms with Crippen LogP contribution in [0.5, 0.6) is 0 Å². The molecule has 0 aliphatic rings. The van der Waals surface area contributed by atoms with Crippen molar-refractivity contribution in [2.45, 2.75) is 20.8 Å². The van der Waals surface area contributed by atoms with Crippen molar-refractivity contribution in [3.8, 4) is 28.2 Å². The van der Waals surface area contributed by atoms with Gasteiger partial charge in [-0.2, -0.15) is 0 Å². The van der Waals surface area contributed by atoms with Crippen molar-refractivity contribution in [3.63, 3.8) is 0 Å². The zero-order valence-corrected chi connectivity index (χ0v) is 21.8. The Hall–Kier alpha value is -4.28. The van der Waals surface area contributed by atoms with Gasteiger partial charge in [0.2, 0.25) is 0 Å². The minimum Gasteiger partial charge on any atom is -0.292 e. The number of hydrogen-bond acceptors (Lipinski definition) is 3. The summed E-state index contributed by atoms with van der Waals surface area (Å²) in [7, 11) is 0. The monoisotopic (exact) mass is 495 g/mol. The lowest BCUT2D eigenvalue weighted by Crippen LogP contribution is -1.98. The van der Waals surface area contributed by atoms with Crippen LogP contribution in [0.15, 0.2) is 97.1 Å². The molecule has 178 valence electrons. The van der Waals surface area contributed by atoms with Crippen molar-refractivity contribution in [1.82, 2.24) is 14.5 Å². The van der Waals surface area contributed by atoms with E-state index in [0.29, 0.717) is 0 Å². The molecular formula is C33H25N3S. The summed E-state index contributed by atoms with van der Waals surface area (Å²) in [6.45, 7) is 6.31. The van der Waals surface area contributed by atoms with E-state index in [9.17, 15) is 0 Å². The SMILES string of the molecule is Cc1cc2c(nc(-c3ccc(C)c4c3sc3cc(-c5ccccc5)ccc34)n2-c2ccccc2)c(C)n1. The van der Waals surface area contributed by atoms with E-state index in [4.69, 9.17) is 9.97 Å². The summed E-state index contributed by atoms with van der Waals surface area (Å²) in [5, 5.41) is 2.62. The summed E-state index contributed by atoms with van der Waals surface area (Å²) in [6, 6.07) is 34.6. The van der Waals surface area contributed by atoms with Crippen molar-refractivity contribution in [1.29, 1.82) is 0 Å². The fraction of sp³-hybridized carbons (Fsp3) is 0.0909. The van der Waals surface area contributed by atoms with Crippen LogP contribution in [0.4, 0.5) is 0 Å². The van der Waals surface area contributed by atoms with Crippen LogP contribution < -0.4 is 0 Å². The lowest BCUT2D eigenvalue weighted by molar-refractivity contribution is 1.10. The van der Waals surface area contributed by atoms with Gasteiger partial charge in [0.1, 0.15) is 11.3 Å². The molecule has 7 aromatic rings. The third kappa shape index (κ3) is 3.48. The number of rotatable bonds is 3. The van der Waals surface area contributed by atoms with Crippen LogP contribution in [-0.4, -0.2) is 14.5 Å². The number of para-hydroxylation sites is 1. The van der Waals surface area contributed by atoms with Gasteiger partial charge in [-0.15, -0.1) is 11.3 Å². The van der Waals surface area contributed by atoms with Crippen molar-refractivity contribution in [3.05, 3.63) is 114 Å².